The van der Waals surface area contributed by atoms with Gasteiger partial charge in [-0.05, 0) is 113 Å². The van der Waals surface area contributed by atoms with Crippen molar-refractivity contribution in [3.63, 3.8) is 0 Å². The Kier molecular flexibility index (Phi) is 10.6. The summed E-state index contributed by atoms with van der Waals surface area (Å²) in [4.78, 5) is 18.9. The van der Waals surface area contributed by atoms with Crippen LogP contribution in [-0.4, -0.2) is 40.4 Å². The van der Waals surface area contributed by atoms with E-state index < -0.39 is 10.8 Å². The molecule has 0 amide bonds. The van der Waals surface area contributed by atoms with E-state index in [1.165, 1.54) is 12.7 Å². The molecule has 1 unspecified atom stereocenters. The van der Waals surface area contributed by atoms with Crippen molar-refractivity contribution < 1.29 is 13.7 Å². The van der Waals surface area contributed by atoms with Crippen molar-refractivity contribution in [2.75, 3.05) is 18.6 Å². The molecule has 57 heavy (non-hydrogen) atoms. The average molecular weight is 779 g/mol. The largest absolute Gasteiger partial charge is 0.497 e. The number of rotatable bonds is 7. The van der Waals surface area contributed by atoms with Crippen LogP contribution in [0.3, 0.4) is 0 Å². The number of nitrogen functional groups attached to an aromatic ring is 2. The maximum Gasteiger partial charge on any atom is 0.146 e. The first kappa shape index (κ1) is 38.7. The Hall–Kier alpha value is -6.53. The Morgan fingerprint density at radius 3 is 1.39 bits per heavy atom. The molecule has 1 atom stereocenters. The summed E-state index contributed by atoms with van der Waals surface area (Å²) in [5, 5.41) is 1.71. The van der Waals surface area contributed by atoms with E-state index in [1.807, 2.05) is 103 Å². The minimum Gasteiger partial charge on any atom is -0.497 e. The molecule has 0 aliphatic rings. The molecule has 4 aromatic carbocycles. The van der Waals surface area contributed by atoms with Crippen LogP contribution in [0, 0.1) is 0 Å². The van der Waals surface area contributed by atoms with Gasteiger partial charge in [-0.2, -0.15) is 0 Å². The highest BCUT2D eigenvalue weighted by Crippen LogP contribution is 2.38. The van der Waals surface area contributed by atoms with Gasteiger partial charge in [0.1, 0.15) is 52.8 Å². The maximum absolute atomic E-state index is 12.8. The Labute approximate surface area is 334 Å². The zero-order valence-electron chi connectivity index (χ0n) is 33.1. The van der Waals surface area contributed by atoms with E-state index in [1.54, 1.807) is 7.11 Å². The molecule has 0 aliphatic carbocycles. The van der Waals surface area contributed by atoms with Gasteiger partial charge in [0.05, 0.1) is 28.7 Å². The number of hydrogen-bond acceptors (Lipinski definition) is 9. The molecule has 0 aliphatic heterocycles. The minimum absolute atomic E-state index is 0.130. The van der Waals surface area contributed by atoms with Crippen molar-refractivity contribution in [2.24, 2.45) is 0 Å². The predicted molar refractivity (Wildman–Crippen MR) is 229 cm³/mol. The molecule has 0 fully saturated rings. The Morgan fingerprint density at radius 2 is 0.947 bits per heavy atom. The van der Waals surface area contributed by atoms with E-state index in [0.717, 1.165) is 71.4 Å². The van der Waals surface area contributed by atoms with E-state index in [0.29, 0.717) is 11.6 Å². The highest BCUT2D eigenvalue weighted by molar-refractivity contribution is 7.85. The SMILES string of the molecule is CC(C)(C)n1cc(-c2ccc(S(=O)c3ccccc3)cc2)c2c(N)ncnc21.COc1ccc(Oc2ccc(-c3cn(C(C)(C)C)c4ncnc(N)c34)cc2)cc1. The van der Waals surface area contributed by atoms with Crippen molar-refractivity contribution in [3.05, 3.63) is 128 Å². The number of aromatic nitrogens is 6. The topological polar surface area (TPSA) is 149 Å². The summed E-state index contributed by atoms with van der Waals surface area (Å²) in [7, 11) is 0.435. The monoisotopic (exact) mass is 778 g/mol. The van der Waals surface area contributed by atoms with Gasteiger partial charge < -0.3 is 30.1 Å². The summed E-state index contributed by atoms with van der Waals surface area (Å²) < 4.78 is 28.1. The summed E-state index contributed by atoms with van der Waals surface area (Å²) in [6, 6.07) is 32.6. The second kappa shape index (κ2) is 15.5. The third-order valence-electron chi connectivity index (χ3n) is 9.47. The second-order valence-corrected chi connectivity index (χ2v) is 17.0. The molecule has 8 rings (SSSR count). The summed E-state index contributed by atoms with van der Waals surface area (Å²) in [6.45, 7) is 12.8. The quantitative estimate of drug-likeness (QED) is 0.161. The van der Waals surface area contributed by atoms with Gasteiger partial charge in [-0.3, -0.25) is 0 Å². The van der Waals surface area contributed by atoms with E-state index in [-0.39, 0.29) is 11.1 Å². The number of methoxy groups -OCH3 is 1. The number of anilines is 2. The van der Waals surface area contributed by atoms with Gasteiger partial charge in [-0.1, -0.05) is 42.5 Å². The Balaban J connectivity index is 0.000000174. The number of ether oxygens (including phenoxy) is 2. The summed E-state index contributed by atoms with van der Waals surface area (Å²) in [5.41, 5.74) is 17.8. The summed E-state index contributed by atoms with van der Waals surface area (Å²) >= 11 is 0. The first-order valence-corrected chi connectivity index (χ1v) is 19.6. The van der Waals surface area contributed by atoms with Gasteiger partial charge in [0.25, 0.3) is 0 Å². The molecule has 11 nitrogen and oxygen atoms in total. The standard InChI is InChI=1S/C23H24N4O2.C22H22N4OS/c1-23(2,3)27-13-19(20-21(24)25-14-26-22(20)27)15-5-7-17(8-6-15)29-18-11-9-16(28-4)10-12-18;1-22(2,3)26-13-18(19-20(23)24-14-25-21(19)26)15-9-11-17(12-10-15)28(27)16-7-5-4-6-8-16/h5-14H,1-4H3,(H2,24,25,26);4-14H,1-3H3,(H2,23,24,25). The lowest BCUT2D eigenvalue weighted by Crippen LogP contribution is -2.21. The fraction of sp³-hybridized carbons (Fsp3) is 0.200. The average Bonchev–Trinajstić information content (AvgIpc) is 3.81. The first-order valence-electron chi connectivity index (χ1n) is 18.5. The molecule has 0 saturated carbocycles. The number of fused-ring (bicyclic) bond motifs is 2. The molecular weight excluding hydrogens is 733 g/mol. The third kappa shape index (κ3) is 8.08. The number of hydrogen-bond donors (Lipinski definition) is 2. The summed E-state index contributed by atoms with van der Waals surface area (Å²) in [5.74, 6) is 3.23. The molecule has 4 N–H and O–H groups in total. The normalized spacial score (nSPS) is 12.3. The summed E-state index contributed by atoms with van der Waals surface area (Å²) in [6.07, 6.45) is 7.17. The van der Waals surface area contributed by atoms with Gasteiger partial charge in [-0.25, -0.2) is 24.1 Å². The van der Waals surface area contributed by atoms with E-state index in [4.69, 9.17) is 20.9 Å². The van der Waals surface area contributed by atoms with Crippen LogP contribution in [0.4, 0.5) is 11.6 Å². The first-order chi connectivity index (χ1) is 27.2. The Morgan fingerprint density at radius 1 is 0.544 bits per heavy atom. The van der Waals surface area contributed by atoms with Gasteiger partial charge in [0.15, 0.2) is 0 Å². The van der Waals surface area contributed by atoms with E-state index >= 15 is 0 Å². The van der Waals surface area contributed by atoms with Crippen molar-refractivity contribution in [3.8, 4) is 39.5 Å². The van der Waals surface area contributed by atoms with Crippen LogP contribution in [0.1, 0.15) is 41.5 Å². The van der Waals surface area contributed by atoms with Crippen molar-refractivity contribution in [2.45, 2.75) is 62.4 Å². The lowest BCUT2D eigenvalue weighted by molar-refractivity contribution is 0.408. The minimum atomic E-state index is -1.21. The fourth-order valence-corrected chi connectivity index (χ4v) is 7.61. The van der Waals surface area contributed by atoms with E-state index in [9.17, 15) is 4.21 Å². The molecule has 0 spiro atoms. The second-order valence-electron chi connectivity index (χ2n) is 15.5. The van der Waals surface area contributed by atoms with Crippen LogP contribution in [0.15, 0.2) is 138 Å². The highest BCUT2D eigenvalue weighted by atomic mass is 32.2. The molecule has 0 saturated heterocycles. The maximum atomic E-state index is 12.8. The lowest BCUT2D eigenvalue weighted by atomic mass is 10.1. The van der Waals surface area contributed by atoms with Crippen LogP contribution < -0.4 is 20.9 Å². The van der Waals surface area contributed by atoms with E-state index in [2.05, 4.69) is 83.0 Å². The van der Waals surface area contributed by atoms with Crippen LogP contribution in [0.25, 0.3) is 44.3 Å². The predicted octanol–water partition coefficient (Wildman–Crippen LogP) is 9.84. The van der Waals surface area contributed by atoms with Gasteiger partial charge in [0.2, 0.25) is 0 Å². The smallest absolute Gasteiger partial charge is 0.146 e. The molecule has 4 aromatic heterocycles. The highest BCUT2D eigenvalue weighted by Gasteiger charge is 2.23. The van der Waals surface area contributed by atoms with Crippen molar-refractivity contribution >= 4 is 44.5 Å². The lowest BCUT2D eigenvalue weighted by Gasteiger charge is -2.21. The fourth-order valence-electron chi connectivity index (χ4n) is 6.55. The molecule has 8 aromatic rings. The van der Waals surface area contributed by atoms with Crippen LogP contribution in [-0.2, 0) is 21.9 Å². The number of nitrogens with two attached hydrogens (primary N) is 2. The molecular formula is C45H46N8O3S. The molecule has 4 heterocycles. The Bertz CT molecular complexity index is 2680. The molecule has 0 radical (unpaired) electrons. The van der Waals surface area contributed by atoms with Gasteiger partial charge in [0, 0.05) is 44.4 Å². The number of benzene rings is 4. The van der Waals surface area contributed by atoms with Crippen LogP contribution in [0.5, 0.6) is 17.2 Å². The third-order valence-corrected chi connectivity index (χ3v) is 10.9. The zero-order chi connectivity index (χ0) is 40.5. The molecule has 290 valence electrons. The molecule has 12 heteroatoms. The van der Waals surface area contributed by atoms with Crippen LogP contribution >= 0.6 is 0 Å². The van der Waals surface area contributed by atoms with Gasteiger partial charge >= 0.3 is 0 Å². The number of nitrogens with zero attached hydrogens (tertiary/aromatic N) is 6. The van der Waals surface area contributed by atoms with Crippen LogP contribution in [0.2, 0.25) is 0 Å². The zero-order valence-corrected chi connectivity index (χ0v) is 33.9. The van der Waals surface area contributed by atoms with Crippen molar-refractivity contribution in [1.82, 2.24) is 29.1 Å². The molecule has 0 bridgehead atoms. The van der Waals surface area contributed by atoms with Crippen molar-refractivity contribution in [1.29, 1.82) is 0 Å². The van der Waals surface area contributed by atoms with Gasteiger partial charge in [-0.15, -0.1) is 0 Å².